The molecule has 0 fully saturated rings. The van der Waals surface area contributed by atoms with Crippen molar-refractivity contribution in [1.82, 2.24) is 0 Å². The molecule has 0 radical (unpaired) electrons. The van der Waals surface area contributed by atoms with Crippen LogP contribution in [0.4, 0.5) is 13.2 Å². The highest BCUT2D eigenvalue weighted by atomic mass is 35.5. The van der Waals surface area contributed by atoms with Crippen LogP contribution in [-0.4, -0.2) is 46.6 Å². The summed E-state index contributed by atoms with van der Waals surface area (Å²) in [6.45, 7) is 0. The van der Waals surface area contributed by atoms with E-state index in [1.54, 1.807) is 0 Å². The van der Waals surface area contributed by atoms with Crippen LogP contribution in [0, 0.1) is 0 Å². The van der Waals surface area contributed by atoms with Gasteiger partial charge in [0.2, 0.25) is 0 Å². The van der Waals surface area contributed by atoms with E-state index in [1.807, 2.05) is 0 Å². The third-order valence-corrected chi connectivity index (χ3v) is 7.07. The molecule has 17 heavy (non-hydrogen) atoms. The summed E-state index contributed by atoms with van der Waals surface area (Å²) < 4.78 is 96.9. The summed E-state index contributed by atoms with van der Waals surface area (Å²) in [6.07, 6.45) is -5.80. The highest BCUT2D eigenvalue weighted by Gasteiger charge is 2.67. The molecular formula is C4H6ClF3O6S3. The minimum atomic E-state index is -5.80. The smallest absolute Gasteiger partial charge is 0.231 e. The lowest BCUT2D eigenvalue weighted by atomic mass is 10.3. The van der Waals surface area contributed by atoms with Crippen molar-refractivity contribution in [2.24, 2.45) is 0 Å². The molecule has 0 aliphatic carbocycles. The van der Waals surface area contributed by atoms with Gasteiger partial charge in [0.25, 0.3) is 4.08 Å². The number of halogens is 4. The van der Waals surface area contributed by atoms with Gasteiger partial charge in [0.05, 0.1) is 0 Å². The molecule has 0 bridgehead atoms. The van der Waals surface area contributed by atoms with Crippen molar-refractivity contribution >= 4 is 43.7 Å². The number of thiol groups is 3. The topological polar surface area (TPSA) is 102 Å². The quantitative estimate of drug-likeness (QED) is 0.425. The molecule has 0 rings (SSSR count). The molecule has 0 spiro atoms. The van der Waals surface area contributed by atoms with Crippen LogP contribution in [0.3, 0.4) is 0 Å². The van der Waals surface area contributed by atoms with Crippen LogP contribution in [0.2, 0.25) is 0 Å². The van der Waals surface area contributed by atoms with E-state index in [4.69, 9.17) is 11.6 Å². The van der Waals surface area contributed by atoms with E-state index in [0.29, 0.717) is 0 Å². The zero-order valence-electron chi connectivity index (χ0n) is 7.59. The van der Waals surface area contributed by atoms with E-state index in [0.717, 1.165) is 0 Å². The fraction of sp³-hybridized carbons (Fsp3) is 1.00. The van der Waals surface area contributed by atoms with Crippen LogP contribution in [0.25, 0.3) is 0 Å². The highest BCUT2D eigenvalue weighted by molar-refractivity contribution is 7.94. The van der Waals surface area contributed by atoms with Gasteiger partial charge >= 0.3 is 6.18 Å². The van der Waals surface area contributed by atoms with E-state index >= 15 is 0 Å². The molecule has 0 saturated carbocycles. The average Bonchev–Trinajstić information content (AvgIpc) is 2.08. The summed E-state index contributed by atoms with van der Waals surface area (Å²) in [7, 11) is -13.3. The maximum absolute atomic E-state index is 12.6. The summed E-state index contributed by atoms with van der Waals surface area (Å²) in [5.74, 6) is -1.31. The van der Waals surface area contributed by atoms with Crippen molar-refractivity contribution in [2.45, 2.75) is 15.5 Å². The lowest BCUT2D eigenvalue weighted by Crippen LogP contribution is -2.58. The Hall–Kier alpha value is -0.0700. The van der Waals surface area contributed by atoms with Crippen LogP contribution in [-0.2, 0) is 32.1 Å². The normalized spacial score (nSPS) is 15.7. The van der Waals surface area contributed by atoms with Gasteiger partial charge in [-0.3, -0.25) is 0 Å². The van der Waals surface area contributed by atoms with Crippen LogP contribution in [0.1, 0.15) is 0 Å². The third-order valence-electron chi connectivity index (χ3n) is 1.84. The third kappa shape index (κ3) is 2.85. The van der Waals surface area contributed by atoms with Gasteiger partial charge in [-0.2, -0.15) is 13.2 Å². The predicted molar refractivity (Wildman–Crippen MR) is 54.2 cm³/mol. The van der Waals surface area contributed by atoms with Crippen LogP contribution >= 0.6 is 11.6 Å². The molecule has 0 aliphatic rings. The Morgan fingerprint density at radius 2 is 1.29 bits per heavy atom. The van der Waals surface area contributed by atoms with Crippen molar-refractivity contribution < 1.29 is 38.4 Å². The SMILES string of the molecule is O=[SH](=O)C(CCl)C([SH](=O)=O)([SH](=O)=O)C(F)(F)F. The molecule has 0 saturated heterocycles. The molecular weight excluding hydrogens is 333 g/mol. The molecule has 0 aromatic rings. The van der Waals surface area contributed by atoms with Crippen molar-refractivity contribution in [3.05, 3.63) is 0 Å². The zero-order valence-corrected chi connectivity index (χ0v) is 11.0. The maximum Gasteiger partial charge on any atom is 0.423 e. The zero-order chi connectivity index (χ0) is 14.0. The standard InChI is InChI=1S/C4H6ClF3O6S3/c5-1-2(15(9)10)3(16(11)12,17(13)14)4(6,7)8/h2,15-17H,1H2. The maximum atomic E-state index is 12.6. The highest BCUT2D eigenvalue weighted by Crippen LogP contribution is 2.38. The van der Waals surface area contributed by atoms with Gasteiger partial charge < -0.3 is 0 Å². The lowest BCUT2D eigenvalue weighted by Gasteiger charge is -2.27. The van der Waals surface area contributed by atoms with Crippen molar-refractivity contribution in [3.63, 3.8) is 0 Å². The van der Waals surface area contributed by atoms with Gasteiger partial charge in [-0.15, -0.1) is 11.6 Å². The summed E-state index contributed by atoms with van der Waals surface area (Å²) in [5, 5.41) is -2.79. The second-order valence-electron chi connectivity index (χ2n) is 2.69. The lowest BCUT2D eigenvalue weighted by molar-refractivity contribution is -0.139. The van der Waals surface area contributed by atoms with Crippen molar-refractivity contribution in [3.8, 4) is 0 Å². The van der Waals surface area contributed by atoms with Crippen LogP contribution in [0.15, 0.2) is 0 Å². The monoisotopic (exact) mass is 338 g/mol. The molecule has 1 atom stereocenters. The Morgan fingerprint density at radius 3 is 1.35 bits per heavy atom. The summed E-state index contributed by atoms with van der Waals surface area (Å²) in [4.78, 5) is 0. The molecule has 104 valence electrons. The van der Waals surface area contributed by atoms with E-state index in [1.165, 1.54) is 0 Å². The van der Waals surface area contributed by atoms with Gasteiger partial charge in [0.15, 0.2) is 21.4 Å². The van der Waals surface area contributed by atoms with Crippen molar-refractivity contribution in [1.29, 1.82) is 0 Å². The van der Waals surface area contributed by atoms with E-state index in [9.17, 15) is 38.4 Å². The molecule has 0 aromatic carbocycles. The second-order valence-corrected chi connectivity index (χ2v) is 6.99. The number of rotatable bonds is 5. The van der Waals surface area contributed by atoms with Gasteiger partial charge in [-0.25, -0.2) is 25.3 Å². The van der Waals surface area contributed by atoms with Gasteiger partial charge in [0, 0.05) is 5.88 Å². The number of hydrogen-bond acceptors (Lipinski definition) is 6. The van der Waals surface area contributed by atoms with E-state index in [-0.39, 0.29) is 0 Å². The molecule has 0 aromatic heterocycles. The Balaban J connectivity index is 6.39. The Morgan fingerprint density at radius 1 is 0.941 bits per heavy atom. The summed E-state index contributed by atoms with van der Waals surface area (Å²) in [6, 6.07) is 0. The van der Waals surface area contributed by atoms with Gasteiger partial charge in [-0.1, -0.05) is 0 Å². The second kappa shape index (κ2) is 5.71. The first-order valence-electron chi connectivity index (χ1n) is 3.58. The van der Waals surface area contributed by atoms with Crippen LogP contribution in [0.5, 0.6) is 0 Å². The predicted octanol–water partition coefficient (Wildman–Crippen LogP) is -1.31. The van der Waals surface area contributed by atoms with Gasteiger partial charge in [0.1, 0.15) is 16.0 Å². The average molecular weight is 339 g/mol. The molecule has 1 unspecified atom stereocenters. The first-order valence-corrected chi connectivity index (χ1v) is 7.72. The molecule has 0 N–H and O–H groups in total. The summed E-state index contributed by atoms with van der Waals surface area (Å²) >= 11 is 4.92. The number of hydrogen-bond donors (Lipinski definition) is 3. The fourth-order valence-electron chi connectivity index (χ4n) is 1.02. The fourth-order valence-corrected chi connectivity index (χ4v) is 5.10. The van der Waals surface area contributed by atoms with Crippen LogP contribution < -0.4 is 0 Å². The molecule has 0 aliphatic heterocycles. The molecule has 0 heterocycles. The Labute approximate surface area is 104 Å². The minimum absolute atomic E-state index is 1.31. The van der Waals surface area contributed by atoms with Gasteiger partial charge in [-0.05, 0) is 0 Å². The van der Waals surface area contributed by atoms with E-state index in [2.05, 4.69) is 0 Å². The first kappa shape index (κ1) is 16.9. The van der Waals surface area contributed by atoms with Crippen molar-refractivity contribution in [2.75, 3.05) is 5.88 Å². The molecule has 13 heteroatoms. The first-order chi connectivity index (χ1) is 7.53. The summed E-state index contributed by atoms with van der Waals surface area (Å²) in [5.41, 5.74) is 0. The number of alkyl halides is 4. The minimum Gasteiger partial charge on any atom is -0.231 e. The Bertz CT molecular complexity index is 457. The van der Waals surface area contributed by atoms with E-state index < -0.39 is 53.5 Å². The molecule has 0 amide bonds. The largest absolute Gasteiger partial charge is 0.423 e. The molecule has 6 nitrogen and oxygen atoms in total. The Kier molecular flexibility index (Phi) is 5.69.